The van der Waals surface area contributed by atoms with Gasteiger partial charge in [-0.3, -0.25) is 4.79 Å². The summed E-state index contributed by atoms with van der Waals surface area (Å²) in [6, 6.07) is 0. The van der Waals surface area contributed by atoms with Crippen molar-refractivity contribution in [2.45, 2.75) is 50.8 Å². The van der Waals surface area contributed by atoms with Gasteiger partial charge in [-0.15, -0.1) is 0 Å². The quantitative estimate of drug-likeness (QED) is 0.588. The zero-order chi connectivity index (χ0) is 9.64. The van der Waals surface area contributed by atoms with E-state index in [9.17, 15) is 9.90 Å². The first-order valence-corrected chi connectivity index (χ1v) is 4.56. The molecule has 0 bridgehead atoms. The molecule has 2 fully saturated rings. The third-order valence-corrected chi connectivity index (χ3v) is 2.51. The summed E-state index contributed by atoms with van der Waals surface area (Å²) in [5.74, 6) is -0.697. The maximum Gasteiger partial charge on any atom is 0.164 e. The minimum Gasteiger partial charge on any atom is -0.390 e. The molecule has 0 amide bonds. The van der Waals surface area contributed by atoms with Crippen LogP contribution in [0.3, 0.4) is 0 Å². The molecule has 13 heavy (non-hydrogen) atoms. The highest BCUT2D eigenvalue weighted by Crippen LogP contribution is 2.35. The fourth-order valence-corrected chi connectivity index (χ4v) is 1.92. The van der Waals surface area contributed by atoms with Gasteiger partial charge in [-0.05, 0) is 20.3 Å². The molecule has 1 N–H and O–H groups in total. The summed E-state index contributed by atoms with van der Waals surface area (Å²) < 4.78 is 10.8. The fraction of sp³-hybridized carbons (Fsp3) is 0.889. The summed E-state index contributed by atoms with van der Waals surface area (Å²) in [5, 5.41) is 9.57. The molecule has 0 aromatic heterocycles. The lowest BCUT2D eigenvalue weighted by Gasteiger charge is -2.25. The highest BCUT2D eigenvalue weighted by molar-refractivity contribution is 5.85. The second kappa shape index (κ2) is 2.77. The van der Waals surface area contributed by atoms with Gasteiger partial charge < -0.3 is 14.6 Å². The number of hydrogen-bond acceptors (Lipinski definition) is 4. The molecule has 1 aliphatic carbocycles. The molecule has 1 heterocycles. The van der Waals surface area contributed by atoms with Crippen LogP contribution in [-0.4, -0.2) is 35.0 Å². The minimum absolute atomic E-state index is 0.0425. The highest BCUT2D eigenvalue weighted by Gasteiger charge is 2.50. The Hall–Kier alpha value is -0.450. The average Bonchev–Trinajstić information content (AvgIpc) is 2.35. The number of aliphatic hydroxyl groups is 1. The maximum absolute atomic E-state index is 11.4. The average molecular weight is 186 g/mol. The molecular weight excluding hydrogens is 172 g/mol. The van der Waals surface area contributed by atoms with Gasteiger partial charge in [0.1, 0.15) is 12.2 Å². The Morgan fingerprint density at radius 2 is 2.15 bits per heavy atom. The highest BCUT2D eigenvalue weighted by atomic mass is 16.8. The number of fused-ring (bicyclic) bond motifs is 1. The first kappa shape index (κ1) is 9.12. The molecule has 3 atom stereocenters. The number of carbonyl (C=O) groups excluding carboxylic acids is 1. The summed E-state index contributed by atoms with van der Waals surface area (Å²) >= 11 is 0. The second-order valence-electron chi connectivity index (χ2n) is 4.09. The molecule has 0 aromatic carbocycles. The van der Waals surface area contributed by atoms with Crippen molar-refractivity contribution in [1.29, 1.82) is 0 Å². The third kappa shape index (κ3) is 1.49. The van der Waals surface area contributed by atoms with Crippen molar-refractivity contribution >= 4 is 5.78 Å². The number of hydrogen-bond donors (Lipinski definition) is 1. The van der Waals surface area contributed by atoms with Gasteiger partial charge in [0.2, 0.25) is 0 Å². The van der Waals surface area contributed by atoms with Crippen LogP contribution in [0.4, 0.5) is 0 Å². The number of carbonyl (C=O) groups is 1. The van der Waals surface area contributed by atoms with Crippen LogP contribution in [0.2, 0.25) is 0 Å². The largest absolute Gasteiger partial charge is 0.390 e. The van der Waals surface area contributed by atoms with Gasteiger partial charge in [0.05, 0.1) is 6.10 Å². The van der Waals surface area contributed by atoms with E-state index >= 15 is 0 Å². The molecule has 0 radical (unpaired) electrons. The van der Waals surface area contributed by atoms with Gasteiger partial charge in [-0.1, -0.05) is 0 Å². The van der Waals surface area contributed by atoms with Crippen LogP contribution in [0, 0.1) is 0 Å². The summed E-state index contributed by atoms with van der Waals surface area (Å²) in [6.07, 6.45) is -0.708. The lowest BCUT2D eigenvalue weighted by Crippen LogP contribution is -2.44. The van der Waals surface area contributed by atoms with E-state index in [1.54, 1.807) is 13.8 Å². The molecule has 0 spiro atoms. The Morgan fingerprint density at radius 3 is 2.77 bits per heavy atom. The van der Waals surface area contributed by atoms with E-state index < -0.39 is 24.1 Å². The second-order valence-corrected chi connectivity index (χ2v) is 4.09. The number of rotatable bonds is 0. The smallest absolute Gasteiger partial charge is 0.164 e. The molecule has 1 saturated heterocycles. The molecule has 3 unspecified atom stereocenters. The van der Waals surface area contributed by atoms with Gasteiger partial charge in [-0.25, -0.2) is 0 Å². The van der Waals surface area contributed by atoms with Gasteiger partial charge in [0.25, 0.3) is 0 Å². The summed E-state index contributed by atoms with van der Waals surface area (Å²) in [6.45, 7) is 3.51. The first-order valence-electron chi connectivity index (χ1n) is 4.56. The first-order chi connectivity index (χ1) is 5.99. The Bertz CT molecular complexity index is 236. The van der Waals surface area contributed by atoms with Gasteiger partial charge in [-0.2, -0.15) is 0 Å². The van der Waals surface area contributed by atoms with E-state index in [1.807, 2.05) is 0 Å². The standard InChI is InChI=1S/C9H14O4/c1-9(2)12-7-5(10)3-4-6(11)8(7)13-9/h5,7-8,10H,3-4H2,1-2H3. The maximum atomic E-state index is 11.4. The normalized spacial score (nSPS) is 43.3. The van der Waals surface area contributed by atoms with Crippen molar-refractivity contribution in [3.05, 3.63) is 0 Å². The van der Waals surface area contributed by atoms with Crippen LogP contribution in [-0.2, 0) is 14.3 Å². The van der Waals surface area contributed by atoms with Crippen LogP contribution in [0.15, 0.2) is 0 Å². The number of ketones is 1. The van der Waals surface area contributed by atoms with Crippen molar-refractivity contribution in [2.24, 2.45) is 0 Å². The third-order valence-electron chi connectivity index (χ3n) is 2.51. The zero-order valence-corrected chi connectivity index (χ0v) is 7.82. The molecule has 4 nitrogen and oxygen atoms in total. The molecule has 1 aliphatic heterocycles. The van der Waals surface area contributed by atoms with Crippen LogP contribution in [0.5, 0.6) is 0 Å². The van der Waals surface area contributed by atoms with Crippen LogP contribution in [0.25, 0.3) is 0 Å². The van der Waals surface area contributed by atoms with Crippen LogP contribution in [0.1, 0.15) is 26.7 Å². The van der Waals surface area contributed by atoms with Crippen molar-refractivity contribution in [3.8, 4) is 0 Å². The molecular formula is C9H14O4. The Labute approximate surface area is 76.8 Å². The molecule has 0 aromatic rings. The minimum atomic E-state index is -0.740. The molecule has 2 rings (SSSR count). The van der Waals surface area contributed by atoms with Crippen LogP contribution < -0.4 is 0 Å². The van der Waals surface area contributed by atoms with Crippen LogP contribution >= 0.6 is 0 Å². The van der Waals surface area contributed by atoms with E-state index in [4.69, 9.17) is 9.47 Å². The van der Waals surface area contributed by atoms with E-state index in [2.05, 4.69) is 0 Å². The van der Waals surface area contributed by atoms with E-state index in [0.717, 1.165) is 0 Å². The van der Waals surface area contributed by atoms with Gasteiger partial charge in [0, 0.05) is 6.42 Å². The zero-order valence-electron chi connectivity index (χ0n) is 7.82. The fourth-order valence-electron chi connectivity index (χ4n) is 1.92. The molecule has 4 heteroatoms. The topological polar surface area (TPSA) is 55.8 Å². The van der Waals surface area contributed by atoms with Crippen molar-refractivity contribution in [2.75, 3.05) is 0 Å². The summed E-state index contributed by atoms with van der Waals surface area (Å²) in [7, 11) is 0. The van der Waals surface area contributed by atoms with Crippen molar-refractivity contribution < 1.29 is 19.4 Å². The van der Waals surface area contributed by atoms with Gasteiger partial charge >= 0.3 is 0 Å². The molecule has 2 aliphatic rings. The Morgan fingerprint density at radius 1 is 1.46 bits per heavy atom. The number of ether oxygens (including phenoxy) is 2. The van der Waals surface area contributed by atoms with E-state index in [-0.39, 0.29) is 5.78 Å². The predicted molar refractivity (Wildman–Crippen MR) is 44.1 cm³/mol. The molecule has 74 valence electrons. The Kier molecular flexibility index (Phi) is 1.94. The summed E-state index contributed by atoms with van der Waals surface area (Å²) in [4.78, 5) is 11.4. The monoisotopic (exact) mass is 186 g/mol. The Balaban J connectivity index is 2.19. The van der Waals surface area contributed by atoms with Crippen molar-refractivity contribution in [1.82, 2.24) is 0 Å². The van der Waals surface area contributed by atoms with E-state index in [0.29, 0.717) is 12.8 Å². The van der Waals surface area contributed by atoms with E-state index in [1.165, 1.54) is 0 Å². The molecule has 1 saturated carbocycles. The van der Waals surface area contributed by atoms with Crippen molar-refractivity contribution in [3.63, 3.8) is 0 Å². The lowest BCUT2D eigenvalue weighted by molar-refractivity contribution is -0.156. The number of Topliss-reactive ketones (excluding diaryl/α,β-unsaturated/α-hetero) is 1. The summed E-state index contributed by atoms with van der Waals surface area (Å²) in [5.41, 5.74) is 0. The van der Waals surface area contributed by atoms with Gasteiger partial charge in [0.15, 0.2) is 11.6 Å². The predicted octanol–water partition coefficient (Wildman–Crippen LogP) is 0.230. The SMILES string of the molecule is CC1(C)OC2C(=O)CCC(O)C2O1. The number of aliphatic hydroxyl groups excluding tert-OH is 1. The lowest BCUT2D eigenvalue weighted by atomic mass is 9.91.